The molecular formula is C14H17BrN2O3. The van der Waals surface area contributed by atoms with Crippen molar-refractivity contribution < 1.29 is 9.72 Å². The fourth-order valence-corrected chi connectivity index (χ4v) is 2.92. The van der Waals surface area contributed by atoms with Gasteiger partial charge in [0.25, 0.3) is 11.6 Å². The molecule has 1 fully saturated rings. The summed E-state index contributed by atoms with van der Waals surface area (Å²) in [6.07, 6.45) is 4.54. The van der Waals surface area contributed by atoms with Gasteiger partial charge in [0.2, 0.25) is 0 Å². The van der Waals surface area contributed by atoms with E-state index >= 15 is 0 Å². The number of hydrogen-bond donors (Lipinski definition) is 1. The molecule has 0 radical (unpaired) electrons. The highest BCUT2D eigenvalue weighted by atomic mass is 79.9. The number of nitro benzene ring substituents is 1. The van der Waals surface area contributed by atoms with Gasteiger partial charge < -0.3 is 5.32 Å². The molecule has 20 heavy (non-hydrogen) atoms. The molecular weight excluding hydrogens is 324 g/mol. The number of amides is 1. The number of benzene rings is 1. The molecule has 1 saturated carbocycles. The van der Waals surface area contributed by atoms with Gasteiger partial charge in [0.15, 0.2) is 0 Å². The van der Waals surface area contributed by atoms with E-state index in [2.05, 4.69) is 28.2 Å². The molecule has 1 amide bonds. The molecule has 6 heteroatoms. The Morgan fingerprint density at radius 1 is 1.50 bits per heavy atom. The third-order valence-corrected chi connectivity index (χ3v) is 4.89. The Kier molecular flexibility index (Phi) is 4.42. The smallest absolute Gasteiger partial charge is 0.270 e. The minimum absolute atomic E-state index is 0.0767. The van der Waals surface area contributed by atoms with Crippen molar-refractivity contribution in [2.75, 3.05) is 6.54 Å². The van der Waals surface area contributed by atoms with Crippen LogP contribution in [-0.4, -0.2) is 17.4 Å². The molecule has 1 aromatic carbocycles. The van der Waals surface area contributed by atoms with Gasteiger partial charge in [-0.3, -0.25) is 14.9 Å². The molecule has 0 atom stereocenters. The zero-order valence-corrected chi connectivity index (χ0v) is 12.9. The number of non-ortho nitro benzene ring substituents is 1. The van der Waals surface area contributed by atoms with Gasteiger partial charge in [0.05, 0.1) is 10.5 Å². The van der Waals surface area contributed by atoms with Gasteiger partial charge >= 0.3 is 0 Å². The van der Waals surface area contributed by atoms with E-state index in [0.29, 0.717) is 16.6 Å². The molecule has 0 aromatic heterocycles. The highest BCUT2D eigenvalue weighted by Gasteiger charge is 2.35. The van der Waals surface area contributed by atoms with Crippen LogP contribution in [-0.2, 0) is 0 Å². The summed E-state index contributed by atoms with van der Waals surface area (Å²) in [7, 11) is 0. The summed E-state index contributed by atoms with van der Waals surface area (Å²) < 4.78 is 0.569. The quantitative estimate of drug-likeness (QED) is 0.656. The fraction of sp³-hybridized carbons (Fsp3) is 0.500. The van der Waals surface area contributed by atoms with Gasteiger partial charge in [-0.2, -0.15) is 0 Å². The topological polar surface area (TPSA) is 72.2 Å². The number of halogens is 1. The molecule has 0 bridgehead atoms. The molecule has 108 valence electrons. The summed E-state index contributed by atoms with van der Waals surface area (Å²) in [5, 5.41) is 13.7. The Hall–Kier alpha value is -1.43. The van der Waals surface area contributed by atoms with E-state index in [1.54, 1.807) is 0 Å². The molecule has 1 aliphatic carbocycles. The van der Waals surface area contributed by atoms with Crippen molar-refractivity contribution in [3.63, 3.8) is 0 Å². The Morgan fingerprint density at radius 3 is 2.70 bits per heavy atom. The van der Waals surface area contributed by atoms with Crippen molar-refractivity contribution in [2.45, 2.75) is 32.6 Å². The van der Waals surface area contributed by atoms with Crippen LogP contribution in [0.5, 0.6) is 0 Å². The number of carbonyl (C=O) groups is 1. The van der Waals surface area contributed by atoms with Gasteiger partial charge in [-0.05, 0) is 46.7 Å². The first-order valence-electron chi connectivity index (χ1n) is 6.69. The third kappa shape index (κ3) is 3.00. The van der Waals surface area contributed by atoms with Crippen molar-refractivity contribution in [3.05, 3.63) is 38.3 Å². The fourth-order valence-electron chi connectivity index (χ4n) is 2.50. The zero-order chi connectivity index (χ0) is 14.8. The highest BCUT2D eigenvalue weighted by molar-refractivity contribution is 9.10. The largest absolute Gasteiger partial charge is 0.351 e. The molecule has 1 aliphatic rings. The van der Waals surface area contributed by atoms with Crippen LogP contribution >= 0.6 is 15.9 Å². The van der Waals surface area contributed by atoms with E-state index in [9.17, 15) is 14.9 Å². The standard InChI is InChI=1S/C14H17BrN2O3/c1-2-14(6-3-7-14)9-16-13(18)11-8-10(17(19)20)4-5-12(11)15/h4-5,8H,2-3,6-7,9H2,1H3,(H,16,18). The Morgan fingerprint density at radius 2 is 2.20 bits per heavy atom. The van der Waals surface area contributed by atoms with Crippen molar-refractivity contribution >= 4 is 27.5 Å². The van der Waals surface area contributed by atoms with Crippen LogP contribution < -0.4 is 5.32 Å². The minimum Gasteiger partial charge on any atom is -0.351 e. The lowest BCUT2D eigenvalue weighted by molar-refractivity contribution is -0.384. The first-order chi connectivity index (χ1) is 9.47. The average Bonchev–Trinajstić information content (AvgIpc) is 2.38. The van der Waals surface area contributed by atoms with Crippen LogP contribution in [0.3, 0.4) is 0 Å². The SMILES string of the molecule is CCC1(CNC(=O)c2cc([N+](=O)[O-])ccc2Br)CCC1. The van der Waals surface area contributed by atoms with E-state index in [1.165, 1.54) is 24.6 Å². The summed E-state index contributed by atoms with van der Waals surface area (Å²) >= 11 is 3.27. The molecule has 0 unspecified atom stereocenters. The molecule has 0 saturated heterocycles. The molecule has 0 heterocycles. The van der Waals surface area contributed by atoms with Gasteiger partial charge in [-0.25, -0.2) is 0 Å². The molecule has 0 spiro atoms. The predicted octanol–water partition coefficient (Wildman–Crippen LogP) is 3.67. The number of nitrogens with zero attached hydrogens (tertiary/aromatic N) is 1. The zero-order valence-electron chi connectivity index (χ0n) is 11.3. The lowest BCUT2D eigenvalue weighted by atomic mass is 9.67. The van der Waals surface area contributed by atoms with Crippen molar-refractivity contribution in [1.29, 1.82) is 0 Å². The number of rotatable bonds is 5. The molecule has 1 N–H and O–H groups in total. The van der Waals surface area contributed by atoms with Crippen LogP contribution in [0.25, 0.3) is 0 Å². The van der Waals surface area contributed by atoms with E-state index in [1.807, 2.05) is 0 Å². The number of nitro groups is 1. The minimum atomic E-state index is -0.497. The second-order valence-electron chi connectivity index (χ2n) is 5.31. The van der Waals surface area contributed by atoms with Crippen LogP contribution in [0.2, 0.25) is 0 Å². The van der Waals surface area contributed by atoms with Gasteiger partial charge in [0.1, 0.15) is 0 Å². The van der Waals surface area contributed by atoms with Crippen LogP contribution in [0.15, 0.2) is 22.7 Å². The van der Waals surface area contributed by atoms with Crippen molar-refractivity contribution in [3.8, 4) is 0 Å². The maximum absolute atomic E-state index is 12.2. The summed E-state index contributed by atoms with van der Waals surface area (Å²) in [6.45, 7) is 2.77. The second-order valence-corrected chi connectivity index (χ2v) is 6.17. The Balaban J connectivity index is 2.09. The first kappa shape index (κ1) is 15.0. The van der Waals surface area contributed by atoms with Crippen LogP contribution in [0.1, 0.15) is 43.0 Å². The number of carbonyl (C=O) groups excluding carboxylic acids is 1. The van der Waals surface area contributed by atoms with Gasteiger partial charge in [-0.1, -0.05) is 13.3 Å². The van der Waals surface area contributed by atoms with E-state index in [0.717, 1.165) is 19.3 Å². The molecule has 5 nitrogen and oxygen atoms in total. The van der Waals surface area contributed by atoms with Crippen molar-refractivity contribution in [2.24, 2.45) is 5.41 Å². The van der Waals surface area contributed by atoms with Gasteiger partial charge in [-0.15, -0.1) is 0 Å². The normalized spacial score (nSPS) is 16.3. The monoisotopic (exact) mass is 340 g/mol. The summed E-state index contributed by atoms with van der Waals surface area (Å²) in [4.78, 5) is 22.4. The van der Waals surface area contributed by atoms with E-state index in [-0.39, 0.29) is 17.0 Å². The Labute approximate surface area is 126 Å². The maximum atomic E-state index is 12.2. The second kappa shape index (κ2) is 5.91. The van der Waals surface area contributed by atoms with E-state index in [4.69, 9.17) is 0 Å². The predicted molar refractivity (Wildman–Crippen MR) is 79.7 cm³/mol. The maximum Gasteiger partial charge on any atom is 0.270 e. The average molecular weight is 341 g/mol. The van der Waals surface area contributed by atoms with E-state index < -0.39 is 4.92 Å². The molecule has 2 rings (SSSR count). The molecule has 0 aliphatic heterocycles. The Bertz CT molecular complexity index is 536. The summed E-state index contributed by atoms with van der Waals surface area (Å²) in [5.74, 6) is -0.264. The van der Waals surface area contributed by atoms with Crippen LogP contribution in [0, 0.1) is 15.5 Å². The third-order valence-electron chi connectivity index (χ3n) is 4.19. The first-order valence-corrected chi connectivity index (χ1v) is 7.49. The number of nitrogens with one attached hydrogen (secondary N) is 1. The molecule has 1 aromatic rings. The highest BCUT2D eigenvalue weighted by Crippen LogP contribution is 2.43. The lowest BCUT2D eigenvalue weighted by Gasteiger charge is -2.41. The van der Waals surface area contributed by atoms with Crippen LogP contribution in [0.4, 0.5) is 5.69 Å². The summed E-state index contributed by atoms with van der Waals surface area (Å²) in [5.41, 5.74) is 0.458. The lowest BCUT2D eigenvalue weighted by Crippen LogP contribution is -2.41. The summed E-state index contributed by atoms with van der Waals surface area (Å²) in [6, 6.07) is 4.21. The van der Waals surface area contributed by atoms with Crippen molar-refractivity contribution in [1.82, 2.24) is 5.32 Å². The number of hydrogen-bond acceptors (Lipinski definition) is 3. The van der Waals surface area contributed by atoms with Gasteiger partial charge in [0, 0.05) is 23.2 Å².